The van der Waals surface area contributed by atoms with Crippen molar-refractivity contribution in [2.45, 2.75) is 44.1 Å². The van der Waals surface area contributed by atoms with Gasteiger partial charge in [0.05, 0.1) is 19.3 Å². The molecule has 0 saturated heterocycles. The second kappa shape index (κ2) is 7.49. The van der Waals surface area contributed by atoms with E-state index in [1.54, 1.807) is 7.11 Å². The number of amides is 2. The van der Waals surface area contributed by atoms with Gasteiger partial charge in [-0.2, -0.15) is 0 Å². The van der Waals surface area contributed by atoms with Gasteiger partial charge in [-0.15, -0.1) is 0 Å². The maximum Gasteiger partial charge on any atom is 0.315 e. The van der Waals surface area contributed by atoms with Crippen LogP contribution in [0.15, 0.2) is 24.3 Å². The average molecular weight is 306 g/mol. The number of para-hydroxylation sites is 1. The number of aliphatic hydroxyl groups is 1. The highest BCUT2D eigenvalue weighted by Crippen LogP contribution is 2.29. The number of carbonyl (C=O) groups excluding carboxylic acids is 1. The molecule has 0 aromatic heterocycles. The van der Waals surface area contributed by atoms with Crippen LogP contribution in [-0.2, 0) is 0 Å². The molecule has 0 aliphatic heterocycles. The average Bonchev–Trinajstić information content (AvgIpc) is 3.01. The van der Waals surface area contributed by atoms with Crippen LogP contribution >= 0.6 is 0 Å². The van der Waals surface area contributed by atoms with Gasteiger partial charge >= 0.3 is 6.03 Å². The zero-order valence-electron chi connectivity index (χ0n) is 13.4. The molecule has 1 fully saturated rings. The predicted molar refractivity (Wildman–Crippen MR) is 86.2 cm³/mol. The third kappa shape index (κ3) is 3.91. The topological polar surface area (TPSA) is 70.6 Å². The van der Waals surface area contributed by atoms with E-state index in [1.807, 2.05) is 24.3 Å². The minimum Gasteiger partial charge on any atom is -0.496 e. The van der Waals surface area contributed by atoms with Crippen molar-refractivity contribution in [1.82, 2.24) is 10.6 Å². The molecule has 1 aromatic carbocycles. The lowest BCUT2D eigenvalue weighted by molar-refractivity contribution is 0.162. The number of aliphatic hydroxyl groups excluding tert-OH is 1. The SMILES string of the molecule is COc1ccccc1C(C)CNC(=O)NC1(CO)CCCC1. The van der Waals surface area contributed by atoms with Crippen molar-refractivity contribution in [1.29, 1.82) is 0 Å². The number of hydrogen-bond acceptors (Lipinski definition) is 3. The summed E-state index contributed by atoms with van der Waals surface area (Å²) in [7, 11) is 1.65. The van der Waals surface area contributed by atoms with E-state index in [4.69, 9.17) is 4.74 Å². The number of urea groups is 1. The first-order chi connectivity index (χ1) is 10.6. The van der Waals surface area contributed by atoms with Crippen LogP contribution < -0.4 is 15.4 Å². The molecular weight excluding hydrogens is 280 g/mol. The van der Waals surface area contributed by atoms with Crippen molar-refractivity contribution in [2.24, 2.45) is 0 Å². The van der Waals surface area contributed by atoms with Gasteiger partial charge < -0.3 is 20.5 Å². The van der Waals surface area contributed by atoms with E-state index in [0.717, 1.165) is 37.0 Å². The van der Waals surface area contributed by atoms with E-state index >= 15 is 0 Å². The van der Waals surface area contributed by atoms with Crippen molar-refractivity contribution in [3.8, 4) is 5.75 Å². The molecule has 5 heteroatoms. The third-order valence-corrected chi connectivity index (χ3v) is 4.48. The number of carbonyl (C=O) groups is 1. The molecule has 1 aromatic rings. The summed E-state index contributed by atoms with van der Waals surface area (Å²) in [6.45, 7) is 2.58. The normalized spacial score (nSPS) is 17.8. The predicted octanol–water partition coefficient (Wildman–Crippen LogP) is 2.40. The van der Waals surface area contributed by atoms with Gasteiger partial charge in [0.2, 0.25) is 0 Å². The Labute approximate surface area is 132 Å². The summed E-state index contributed by atoms with van der Waals surface area (Å²) >= 11 is 0. The maximum atomic E-state index is 12.1. The van der Waals surface area contributed by atoms with Gasteiger partial charge in [0, 0.05) is 12.5 Å². The minimum absolute atomic E-state index is 0.00246. The summed E-state index contributed by atoms with van der Waals surface area (Å²) in [6, 6.07) is 7.62. The molecular formula is C17H26N2O3. The van der Waals surface area contributed by atoms with Crippen LogP contribution in [0, 0.1) is 0 Å². The standard InChI is InChI=1S/C17H26N2O3/c1-13(14-7-3-4-8-15(14)22-2)11-18-16(21)19-17(12-20)9-5-6-10-17/h3-4,7-8,13,20H,5-6,9-12H2,1-2H3,(H2,18,19,21). The van der Waals surface area contributed by atoms with Gasteiger partial charge in [-0.3, -0.25) is 0 Å². The Balaban J connectivity index is 1.88. The van der Waals surface area contributed by atoms with Crippen molar-refractivity contribution in [2.75, 3.05) is 20.3 Å². The second-order valence-electron chi connectivity index (χ2n) is 6.12. The summed E-state index contributed by atoms with van der Waals surface area (Å²) in [5, 5.41) is 15.4. The van der Waals surface area contributed by atoms with Crippen LogP contribution in [0.3, 0.4) is 0 Å². The lowest BCUT2D eigenvalue weighted by Crippen LogP contribution is -2.53. The number of benzene rings is 1. The van der Waals surface area contributed by atoms with Crippen LogP contribution in [-0.4, -0.2) is 36.9 Å². The Bertz CT molecular complexity index is 498. The molecule has 2 rings (SSSR count). The summed E-state index contributed by atoms with van der Waals surface area (Å²) in [4.78, 5) is 12.1. The van der Waals surface area contributed by atoms with E-state index in [1.165, 1.54) is 0 Å². The van der Waals surface area contributed by atoms with E-state index in [0.29, 0.717) is 6.54 Å². The van der Waals surface area contributed by atoms with Gasteiger partial charge in [0.15, 0.2) is 0 Å². The van der Waals surface area contributed by atoms with Crippen molar-refractivity contribution in [3.05, 3.63) is 29.8 Å². The van der Waals surface area contributed by atoms with Gasteiger partial charge in [-0.1, -0.05) is 38.0 Å². The zero-order chi connectivity index (χ0) is 16.0. The summed E-state index contributed by atoms with van der Waals surface area (Å²) in [5.74, 6) is 0.982. The summed E-state index contributed by atoms with van der Waals surface area (Å²) < 4.78 is 5.35. The number of hydrogen-bond donors (Lipinski definition) is 3. The van der Waals surface area contributed by atoms with E-state index in [-0.39, 0.29) is 18.6 Å². The summed E-state index contributed by atoms with van der Waals surface area (Å²) in [6.07, 6.45) is 3.80. The molecule has 0 heterocycles. The molecule has 1 saturated carbocycles. The Morgan fingerprint density at radius 1 is 1.36 bits per heavy atom. The molecule has 5 nitrogen and oxygen atoms in total. The fourth-order valence-corrected chi connectivity index (χ4v) is 3.09. The largest absolute Gasteiger partial charge is 0.496 e. The molecule has 0 spiro atoms. The van der Waals surface area contributed by atoms with Crippen LogP contribution in [0.4, 0.5) is 4.79 Å². The molecule has 0 bridgehead atoms. The smallest absolute Gasteiger partial charge is 0.315 e. The Kier molecular flexibility index (Phi) is 5.66. The van der Waals surface area contributed by atoms with Gasteiger partial charge in [0.1, 0.15) is 5.75 Å². The molecule has 3 N–H and O–H groups in total. The Morgan fingerprint density at radius 3 is 2.68 bits per heavy atom. The monoisotopic (exact) mass is 306 g/mol. The molecule has 1 aliphatic carbocycles. The fraction of sp³-hybridized carbons (Fsp3) is 0.588. The highest BCUT2D eigenvalue weighted by Gasteiger charge is 2.34. The van der Waals surface area contributed by atoms with Crippen molar-refractivity contribution >= 4 is 6.03 Å². The number of rotatable bonds is 6. The number of methoxy groups -OCH3 is 1. The quantitative estimate of drug-likeness (QED) is 0.756. The van der Waals surface area contributed by atoms with Crippen molar-refractivity contribution < 1.29 is 14.6 Å². The molecule has 1 unspecified atom stereocenters. The molecule has 2 amide bonds. The third-order valence-electron chi connectivity index (χ3n) is 4.48. The zero-order valence-corrected chi connectivity index (χ0v) is 13.4. The molecule has 1 aliphatic rings. The first kappa shape index (κ1) is 16.6. The molecule has 122 valence electrons. The lowest BCUT2D eigenvalue weighted by atomic mass is 9.99. The molecule has 22 heavy (non-hydrogen) atoms. The Hall–Kier alpha value is -1.75. The minimum atomic E-state index is -0.433. The second-order valence-corrected chi connectivity index (χ2v) is 6.12. The first-order valence-electron chi connectivity index (χ1n) is 7.90. The summed E-state index contributed by atoms with van der Waals surface area (Å²) in [5.41, 5.74) is 0.639. The molecule has 1 atom stereocenters. The van der Waals surface area contributed by atoms with E-state index in [2.05, 4.69) is 17.6 Å². The maximum absolute atomic E-state index is 12.1. The van der Waals surface area contributed by atoms with Crippen LogP contribution in [0.2, 0.25) is 0 Å². The van der Waals surface area contributed by atoms with Gasteiger partial charge in [0.25, 0.3) is 0 Å². The van der Waals surface area contributed by atoms with Gasteiger partial charge in [-0.05, 0) is 24.5 Å². The number of nitrogens with one attached hydrogen (secondary N) is 2. The van der Waals surface area contributed by atoms with Crippen LogP contribution in [0.25, 0.3) is 0 Å². The highest BCUT2D eigenvalue weighted by molar-refractivity contribution is 5.75. The van der Waals surface area contributed by atoms with Gasteiger partial charge in [-0.25, -0.2) is 4.79 Å². The van der Waals surface area contributed by atoms with E-state index in [9.17, 15) is 9.90 Å². The molecule has 0 radical (unpaired) electrons. The number of ether oxygens (including phenoxy) is 1. The van der Waals surface area contributed by atoms with E-state index < -0.39 is 5.54 Å². The highest BCUT2D eigenvalue weighted by atomic mass is 16.5. The fourth-order valence-electron chi connectivity index (χ4n) is 3.09. The van der Waals surface area contributed by atoms with Crippen molar-refractivity contribution in [3.63, 3.8) is 0 Å². The van der Waals surface area contributed by atoms with Crippen LogP contribution in [0.1, 0.15) is 44.1 Å². The van der Waals surface area contributed by atoms with Crippen LogP contribution in [0.5, 0.6) is 5.75 Å². The Morgan fingerprint density at radius 2 is 2.05 bits per heavy atom. The first-order valence-corrected chi connectivity index (χ1v) is 7.90. The lowest BCUT2D eigenvalue weighted by Gasteiger charge is -2.28.